The van der Waals surface area contributed by atoms with Gasteiger partial charge in [-0.05, 0) is 6.92 Å². The predicted molar refractivity (Wildman–Crippen MR) is 42.0 cm³/mol. The first-order valence-electron chi connectivity index (χ1n) is 4.03. The molecule has 2 atom stereocenters. The molecular formula is C7H12F2N2O2. The molecule has 76 valence electrons. The molecule has 4 nitrogen and oxygen atoms in total. The standard InChI is InChI=1S/C7H12F2N2O2/c1-4-2-10-5(6(8)9)3-11(4)7(12)13/h4-6,10H,2-3H2,1H3,(H,12,13)/t4-,5-/m1/s1. The van der Waals surface area contributed by atoms with Crippen LogP contribution in [0.25, 0.3) is 0 Å². The van der Waals surface area contributed by atoms with Crippen molar-refractivity contribution in [3.8, 4) is 0 Å². The maximum absolute atomic E-state index is 12.2. The lowest BCUT2D eigenvalue weighted by Crippen LogP contribution is -2.59. The molecule has 1 saturated heterocycles. The van der Waals surface area contributed by atoms with Gasteiger partial charge in [0.05, 0.1) is 6.04 Å². The molecule has 1 fully saturated rings. The Balaban J connectivity index is 2.58. The summed E-state index contributed by atoms with van der Waals surface area (Å²) in [4.78, 5) is 11.6. The summed E-state index contributed by atoms with van der Waals surface area (Å²) in [6, 6.07) is -1.28. The summed E-state index contributed by atoms with van der Waals surface area (Å²) >= 11 is 0. The largest absolute Gasteiger partial charge is 0.465 e. The molecule has 1 rings (SSSR count). The predicted octanol–water partition coefficient (Wildman–Crippen LogP) is 0.592. The summed E-state index contributed by atoms with van der Waals surface area (Å²) in [5.41, 5.74) is 0. The first-order valence-corrected chi connectivity index (χ1v) is 4.03. The number of carbonyl (C=O) groups is 1. The quantitative estimate of drug-likeness (QED) is 0.642. The van der Waals surface area contributed by atoms with Crippen LogP contribution in [0.4, 0.5) is 13.6 Å². The van der Waals surface area contributed by atoms with Gasteiger partial charge >= 0.3 is 6.09 Å². The van der Waals surface area contributed by atoms with Crippen molar-refractivity contribution in [2.24, 2.45) is 0 Å². The first kappa shape index (κ1) is 10.2. The lowest BCUT2D eigenvalue weighted by molar-refractivity contribution is 0.0403. The van der Waals surface area contributed by atoms with Crippen molar-refractivity contribution in [1.82, 2.24) is 10.2 Å². The van der Waals surface area contributed by atoms with E-state index >= 15 is 0 Å². The van der Waals surface area contributed by atoms with Crippen molar-refractivity contribution < 1.29 is 18.7 Å². The van der Waals surface area contributed by atoms with E-state index in [4.69, 9.17) is 5.11 Å². The van der Waals surface area contributed by atoms with Gasteiger partial charge in [0.15, 0.2) is 0 Å². The molecule has 13 heavy (non-hydrogen) atoms. The fourth-order valence-electron chi connectivity index (χ4n) is 1.32. The highest BCUT2D eigenvalue weighted by molar-refractivity contribution is 5.65. The summed E-state index contributed by atoms with van der Waals surface area (Å²) in [6.45, 7) is 1.82. The first-order chi connectivity index (χ1) is 6.02. The molecule has 0 unspecified atom stereocenters. The minimum absolute atomic E-state index is 0.145. The maximum atomic E-state index is 12.2. The molecule has 1 amide bonds. The molecular weight excluding hydrogens is 182 g/mol. The Morgan fingerprint density at radius 1 is 1.69 bits per heavy atom. The number of nitrogens with one attached hydrogen (secondary N) is 1. The zero-order chi connectivity index (χ0) is 10.0. The van der Waals surface area contributed by atoms with Crippen LogP contribution in [0, 0.1) is 0 Å². The molecule has 0 saturated carbocycles. The van der Waals surface area contributed by atoms with E-state index in [1.54, 1.807) is 6.92 Å². The number of alkyl halides is 2. The molecule has 0 aromatic rings. The molecule has 0 spiro atoms. The van der Waals surface area contributed by atoms with Crippen LogP contribution in [0.5, 0.6) is 0 Å². The monoisotopic (exact) mass is 194 g/mol. The van der Waals surface area contributed by atoms with Gasteiger partial charge in [0, 0.05) is 19.1 Å². The average Bonchev–Trinajstić information content (AvgIpc) is 2.04. The second-order valence-corrected chi connectivity index (χ2v) is 3.13. The second-order valence-electron chi connectivity index (χ2n) is 3.13. The molecule has 0 bridgehead atoms. The van der Waals surface area contributed by atoms with Crippen LogP contribution < -0.4 is 5.32 Å². The summed E-state index contributed by atoms with van der Waals surface area (Å²) in [6.07, 6.45) is -3.66. The molecule has 6 heteroatoms. The summed E-state index contributed by atoms with van der Waals surface area (Å²) in [7, 11) is 0. The Hall–Kier alpha value is -0.910. The topological polar surface area (TPSA) is 52.6 Å². The van der Waals surface area contributed by atoms with Crippen LogP contribution in [0.3, 0.4) is 0 Å². The van der Waals surface area contributed by atoms with Gasteiger partial charge in [-0.2, -0.15) is 0 Å². The van der Waals surface area contributed by atoms with Crippen molar-refractivity contribution in [3.05, 3.63) is 0 Å². The van der Waals surface area contributed by atoms with Gasteiger partial charge in [0.25, 0.3) is 6.43 Å². The molecule has 0 aromatic carbocycles. The molecule has 1 heterocycles. The van der Waals surface area contributed by atoms with Crippen molar-refractivity contribution >= 4 is 6.09 Å². The SMILES string of the molecule is C[C@@H]1CN[C@@H](C(F)F)CN1C(=O)O. The van der Waals surface area contributed by atoms with Crippen molar-refractivity contribution in [1.29, 1.82) is 0 Å². The van der Waals surface area contributed by atoms with Gasteiger partial charge in [-0.25, -0.2) is 13.6 Å². The van der Waals surface area contributed by atoms with Crippen molar-refractivity contribution in [2.75, 3.05) is 13.1 Å². The molecule has 0 aromatic heterocycles. The Labute approximate surface area is 74.5 Å². The normalized spacial score (nSPS) is 29.4. The van der Waals surface area contributed by atoms with E-state index in [1.165, 1.54) is 0 Å². The van der Waals surface area contributed by atoms with Gasteiger partial charge in [-0.1, -0.05) is 0 Å². The fourth-order valence-corrected chi connectivity index (χ4v) is 1.32. The lowest BCUT2D eigenvalue weighted by atomic mass is 10.1. The van der Waals surface area contributed by atoms with E-state index in [9.17, 15) is 13.6 Å². The third-order valence-corrected chi connectivity index (χ3v) is 2.15. The Morgan fingerprint density at radius 3 is 2.77 bits per heavy atom. The summed E-state index contributed by atoms with van der Waals surface area (Å²) < 4.78 is 24.4. The number of hydrogen-bond donors (Lipinski definition) is 2. The van der Waals surface area contributed by atoms with Gasteiger partial charge in [-0.3, -0.25) is 0 Å². The lowest BCUT2D eigenvalue weighted by Gasteiger charge is -2.36. The van der Waals surface area contributed by atoms with Crippen LogP contribution in [-0.4, -0.2) is 47.7 Å². The number of hydrogen-bond acceptors (Lipinski definition) is 2. The third-order valence-electron chi connectivity index (χ3n) is 2.15. The van der Waals surface area contributed by atoms with E-state index in [1.807, 2.05) is 0 Å². The number of piperazine rings is 1. The number of nitrogens with zero attached hydrogens (tertiary/aromatic N) is 1. The minimum atomic E-state index is -2.52. The number of carboxylic acid groups (broad SMARTS) is 1. The van der Waals surface area contributed by atoms with Gasteiger partial charge in [-0.15, -0.1) is 0 Å². The Kier molecular flexibility index (Phi) is 3.02. The van der Waals surface area contributed by atoms with Gasteiger partial charge in [0.1, 0.15) is 0 Å². The van der Waals surface area contributed by atoms with E-state index in [0.717, 1.165) is 4.90 Å². The van der Waals surface area contributed by atoms with E-state index in [-0.39, 0.29) is 19.1 Å². The molecule has 2 N–H and O–H groups in total. The third kappa shape index (κ3) is 2.27. The zero-order valence-corrected chi connectivity index (χ0v) is 7.20. The summed E-state index contributed by atoms with van der Waals surface area (Å²) in [5, 5.41) is 11.3. The number of halogens is 2. The van der Waals surface area contributed by atoms with Crippen LogP contribution in [0.2, 0.25) is 0 Å². The Bertz CT molecular complexity index is 201. The Morgan fingerprint density at radius 2 is 2.31 bits per heavy atom. The van der Waals surface area contributed by atoms with Crippen LogP contribution in [0.1, 0.15) is 6.92 Å². The molecule has 1 aliphatic heterocycles. The number of amides is 1. The smallest absolute Gasteiger partial charge is 0.407 e. The van der Waals surface area contributed by atoms with Crippen LogP contribution in [-0.2, 0) is 0 Å². The molecule has 0 aliphatic carbocycles. The minimum Gasteiger partial charge on any atom is -0.465 e. The van der Waals surface area contributed by atoms with Gasteiger partial charge in [0.2, 0.25) is 0 Å². The zero-order valence-electron chi connectivity index (χ0n) is 7.20. The second kappa shape index (κ2) is 3.87. The highest BCUT2D eigenvalue weighted by Gasteiger charge is 2.32. The highest BCUT2D eigenvalue weighted by atomic mass is 19.3. The average molecular weight is 194 g/mol. The van der Waals surface area contributed by atoms with Crippen molar-refractivity contribution in [2.45, 2.75) is 25.4 Å². The summed E-state index contributed by atoms with van der Waals surface area (Å²) in [5.74, 6) is 0. The van der Waals surface area contributed by atoms with Crippen LogP contribution >= 0.6 is 0 Å². The van der Waals surface area contributed by atoms with E-state index in [0.29, 0.717) is 0 Å². The van der Waals surface area contributed by atoms with Crippen molar-refractivity contribution in [3.63, 3.8) is 0 Å². The van der Waals surface area contributed by atoms with E-state index in [2.05, 4.69) is 5.32 Å². The van der Waals surface area contributed by atoms with E-state index < -0.39 is 18.6 Å². The highest BCUT2D eigenvalue weighted by Crippen LogP contribution is 2.11. The molecule has 0 radical (unpaired) electrons. The van der Waals surface area contributed by atoms with Gasteiger partial charge < -0.3 is 15.3 Å². The van der Waals surface area contributed by atoms with Crippen LogP contribution in [0.15, 0.2) is 0 Å². The molecule has 1 aliphatic rings. The maximum Gasteiger partial charge on any atom is 0.407 e. The fraction of sp³-hybridized carbons (Fsp3) is 0.857. The number of rotatable bonds is 1.